The summed E-state index contributed by atoms with van der Waals surface area (Å²) in [4.78, 5) is 2.56. The predicted octanol–water partition coefficient (Wildman–Crippen LogP) is 1.60. The first-order valence-electron chi connectivity index (χ1n) is 7.36. The minimum absolute atomic E-state index is 0.314. The molecule has 0 bridgehead atoms. The van der Waals surface area contributed by atoms with Crippen LogP contribution in [0.5, 0.6) is 0 Å². The maximum atomic E-state index is 9.05. The van der Waals surface area contributed by atoms with Gasteiger partial charge in [0, 0.05) is 32.3 Å². The topological polar surface area (TPSA) is 49.5 Å². The van der Waals surface area contributed by atoms with E-state index in [0.717, 1.165) is 31.8 Å². The molecule has 0 amide bonds. The fourth-order valence-corrected chi connectivity index (χ4v) is 3.62. The Bertz CT molecular complexity index is 216. The Balaban J connectivity index is 1.78. The quantitative estimate of drug-likeness (QED) is 0.785. The number of nitrogens with zero attached hydrogens (tertiary/aromatic N) is 1. The summed E-state index contributed by atoms with van der Waals surface area (Å²) in [7, 11) is 0. The highest BCUT2D eigenvalue weighted by Crippen LogP contribution is 2.26. The Labute approximate surface area is 105 Å². The lowest BCUT2D eigenvalue weighted by molar-refractivity contribution is 0.109. The van der Waals surface area contributed by atoms with Crippen molar-refractivity contribution in [3.63, 3.8) is 0 Å². The lowest BCUT2D eigenvalue weighted by Gasteiger charge is -2.38. The summed E-state index contributed by atoms with van der Waals surface area (Å²) < 4.78 is 0. The molecule has 0 radical (unpaired) electrons. The van der Waals surface area contributed by atoms with Crippen LogP contribution in [0, 0.1) is 11.8 Å². The number of aliphatic hydroxyl groups excluding tert-OH is 1. The molecule has 17 heavy (non-hydrogen) atoms. The molecular formula is C14H28N2O. The minimum atomic E-state index is 0.314. The van der Waals surface area contributed by atoms with Crippen LogP contribution in [-0.4, -0.2) is 42.3 Å². The number of nitrogens with two attached hydrogens (primary N) is 1. The molecule has 0 aromatic carbocycles. The van der Waals surface area contributed by atoms with E-state index in [9.17, 15) is 0 Å². The maximum absolute atomic E-state index is 9.05. The van der Waals surface area contributed by atoms with Gasteiger partial charge in [-0.2, -0.15) is 0 Å². The van der Waals surface area contributed by atoms with Gasteiger partial charge in [0.1, 0.15) is 0 Å². The molecule has 0 aromatic heterocycles. The second-order valence-corrected chi connectivity index (χ2v) is 6.10. The van der Waals surface area contributed by atoms with Crippen molar-refractivity contribution in [1.82, 2.24) is 4.90 Å². The van der Waals surface area contributed by atoms with E-state index in [-0.39, 0.29) is 0 Å². The number of aliphatic hydroxyl groups is 1. The maximum Gasteiger partial charge on any atom is 0.0434 e. The zero-order valence-corrected chi connectivity index (χ0v) is 11.0. The Morgan fingerprint density at radius 2 is 1.82 bits per heavy atom. The molecule has 0 spiro atoms. The number of likely N-dealkylation sites (tertiary alicyclic amines) is 1. The van der Waals surface area contributed by atoms with Crippen LogP contribution in [-0.2, 0) is 0 Å². The molecule has 3 nitrogen and oxygen atoms in total. The molecule has 2 aliphatic rings. The van der Waals surface area contributed by atoms with Gasteiger partial charge in [-0.25, -0.2) is 0 Å². The van der Waals surface area contributed by atoms with E-state index in [1.807, 2.05) is 0 Å². The van der Waals surface area contributed by atoms with Crippen LogP contribution >= 0.6 is 0 Å². The van der Waals surface area contributed by atoms with Crippen LogP contribution in [0.1, 0.15) is 44.9 Å². The normalized spacial score (nSPS) is 32.8. The van der Waals surface area contributed by atoms with Crippen LogP contribution in [0.3, 0.4) is 0 Å². The van der Waals surface area contributed by atoms with Crippen molar-refractivity contribution in [3.8, 4) is 0 Å². The second kappa shape index (κ2) is 6.72. The Morgan fingerprint density at radius 1 is 1.06 bits per heavy atom. The van der Waals surface area contributed by atoms with E-state index in [4.69, 9.17) is 10.8 Å². The van der Waals surface area contributed by atoms with E-state index in [1.165, 1.54) is 38.6 Å². The molecule has 1 heterocycles. The van der Waals surface area contributed by atoms with Crippen molar-refractivity contribution in [2.45, 2.75) is 51.0 Å². The van der Waals surface area contributed by atoms with E-state index in [0.29, 0.717) is 18.6 Å². The summed E-state index contributed by atoms with van der Waals surface area (Å²) in [5, 5.41) is 9.05. The van der Waals surface area contributed by atoms with Crippen molar-refractivity contribution >= 4 is 0 Å². The van der Waals surface area contributed by atoms with Crippen molar-refractivity contribution in [2.24, 2.45) is 17.6 Å². The molecule has 1 aliphatic carbocycles. The highest BCUT2D eigenvalue weighted by atomic mass is 16.3. The summed E-state index contributed by atoms with van der Waals surface area (Å²) in [5.41, 5.74) is 6.13. The van der Waals surface area contributed by atoms with Crippen molar-refractivity contribution in [2.75, 3.05) is 26.2 Å². The Hall–Kier alpha value is -0.120. The summed E-state index contributed by atoms with van der Waals surface area (Å²) >= 11 is 0. The van der Waals surface area contributed by atoms with Crippen LogP contribution in [0.2, 0.25) is 0 Å². The first-order chi connectivity index (χ1) is 8.28. The highest BCUT2D eigenvalue weighted by Gasteiger charge is 2.26. The van der Waals surface area contributed by atoms with Crippen molar-refractivity contribution < 1.29 is 5.11 Å². The molecule has 1 saturated carbocycles. The fraction of sp³-hybridized carbons (Fsp3) is 1.00. The highest BCUT2D eigenvalue weighted by molar-refractivity contribution is 4.83. The summed E-state index contributed by atoms with van der Waals surface area (Å²) in [6.45, 7) is 3.79. The first kappa shape index (κ1) is 13.3. The van der Waals surface area contributed by atoms with Crippen LogP contribution in [0.25, 0.3) is 0 Å². The number of rotatable bonds is 4. The van der Waals surface area contributed by atoms with Crippen LogP contribution in [0.15, 0.2) is 0 Å². The van der Waals surface area contributed by atoms with E-state index >= 15 is 0 Å². The third-order valence-electron chi connectivity index (χ3n) is 4.42. The zero-order valence-electron chi connectivity index (χ0n) is 11.0. The van der Waals surface area contributed by atoms with Gasteiger partial charge in [-0.1, -0.05) is 19.3 Å². The summed E-state index contributed by atoms with van der Waals surface area (Å²) in [6.07, 6.45) is 9.13. The molecule has 2 fully saturated rings. The molecule has 3 heteroatoms. The van der Waals surface area contributed by atoms with Gasteiger partial charge in [0.25, 0.3) is 0 Å². The lowest BCUT2D eigenvalue weighted by atomic mass is 9.87. The fourth-order valence-electron chi connectivity index (χ4n) is 3.62. The largest absolute Gasteiger partial charge is 0.396 e. The molecule has 0 aromatic rings. The average Bonchev–Trinajstić information content (AvgIpc) is 2.30. The van der Waals surface area contributed by atoms with Gasteiger partial charge < -0.3 is 15.7 Å². The van der Waals surface area contributed by atoms with Crippen molar-refractivity contribution in [1.29, 1.82) is 0 Å². The molecule has 1 saturated heterocycles. The smallest absolute Gasteiger partial charge is 0.0434 e. The van der Waals surface area contributed by atoms with E-state index < -0.39 is 0 Å². The summed E-state index contributed by atoms with van der Waals surface area (Å²) in [6, 6.07) is 0.323. The monoisotopic (exact) mass is 240 g/mol. The third kappa shape index (κ3) is 4.23. The summed E-state index contributed by atoms with van der Waals surface area (Å²) in [5.74, 6) is 1.52. The van der Waals surface area contributed by atoms with Gasteiger partial charge in [-0.05, 0) is 37.5 Å². The van der Waals surface area contributed by atoms with Gasteiger partial charge in [0.2, 0.25) is 0 Å². The SMILES string of the molecule is NC1CC(CCO)CN(CC2CCCCC2)C1. The molecule has 2 rings (SSSR count). The first-order valence-corrected chi connectivity index (χ1v) is 7.36. The third-order valence-corrected chi connectivity index (χ3v) is 4.42. The predicted molar refractivity (Wildman–Crippen MR) is 70.8 cm³/mol. The van der Waals surface area contributed by atoms with Gasteiger partial charge in [-0.15, -0.1) is 0 Å². The number of hydrogen-bond donors (Lipinski definition) is 2. The Kier molecular flexibility index (Phi) is 5.26. The molecule has 1 aliphatic heterocycles. The van der Waals surface area contributed by atoms with Crippen molar-refractivity contribution in [3.05, 3.63) is 0 Å². The Morgan fingerprint density at radius 3 is 2.53 bits per heavy atom. The van der Waals surface area contributed by atoms with Gasteiger partial charge in [0.15, 0.2) is 0 Å². The molecule has 100 valence electrons. The average molecular weight is 240 g/mol. The zero-order chi connectivity index (χ0) is 12.1. The van der Waals surface area contributed by atoms with Gasteiger partial charge in [-0.3, -0.25) is 0 Å². The van der Waals surface area contributed by atoms with E-state index in [2.05, 4.69) is 4.90 Å². The van der Waals surface area contributed by atoms with Crippen LogP contribution < -0.4 is 5.73 Å². The second-order valence-electron chi connectivity index (χ2n) is 6.10. The lowest BCUT2D eigenvalue weighted by Crippen LogP contribution is -2.48. The van der Waals surface area contributed by atoms with Gasteiger partial charge >= 0.3 is 0 Å². The number of hydrogen-bond acceptors (Lipinski definition) is 3. The minimum Gasteiger partial charge on any atom is -0.396 e. The standard InChI is InChI=1S/C14H28N2O/c15-14-8-13(6-7-17)10-16(11-14)9-12-4-2-1-3-5-12/h12-14,17H,1-11,15H2. The molecular weight excluding hydrogens is 212 g/mol. The molecule has 3 N–H and O–H groups in total. The van der Waals surface area contributed by atoms with Crippen LogP contribution in [0.4, 0.5) is 0 Å². The molecule has 2 unspecified atom stereocenters. The molecule has 2 atom stereocenters. The number of piperidine rings is 1. The van der Waals surface area contributed by atoms with Gasteiger partial charge in [0.05, 0.1) is 0 Å². The van der Waals surface area contributed by atoms with E-state index in [1.54, 1.807) is 0 Å².